The highest BCUT2D eigenvalue weighted by atomic mass is 16.5. The van der Waals surface area contributed by atoms with E-state index in [2.05, 4.69) is 48.3 Å². The van der Waals surface area contributed by atoms with Gasteiger partial charge < -0.3 is 10.1 Å². The molecule has 4 nitrogen and oxygen atoms in total. The van der Waals surface area contributed by atoms with Gasteiger partial charge in [0.1, 0.15) is 0 Å². The molecule has 2 fully saturated rings. The van der Waals surface area contributed by atoms with Crippen LogP contribution in [0.3, 0.4) is 0 Å². The Kier molecular flexibility index (Phi) is 5.90. The zero-order chi connectivity index (χ0) is 16.9. The second-order valence-electron chi connectivity index (χ2n) is 7.47. The molecule has 2 atom stereocenters. The number of ether oxygens (including phenoxy) is 1. The number of morpholine rings is 1. The summed E-state index contributed by atoms with van der Waals surface area (Å²) in [5, 5.41) is 3.09. The number of carbonyl (C=O) groups excluding carboxylic acids is 1. The van der Waals surface area contributed by atoms with Crippen molar-refractivity contribution in [2.24, 2.45) is 5.92 Å². The summed E-state index contributed by atoms with van der Waals surface area (Å²) in [5.41, 5.74) is 2.50. The van der Waals surface area contributed by atoms with E-state index in [0.717, 1.165) is 32.5 Å². The molecule has 3 rings (SSSR count). The molecule has 1 aromatic rings. The Labute approximate surface area is 145 Å². The van der Waals surface area contributed by atoms with Crippen LogP contribution < -0.4 is 5.32 Å². The van der Waals surface area contributed by atoms with Crippen molar-refractivity contribution in [3.8, 4) is 0 Å². The third-order valence-electron chi connectivity index (χ3n) is 5.12. The molecule has 1 aromatic carbocycles. The largest absolute Gasteiger partial charge is 0.373 e. The summed E-state index contributed by atoms with van der Waals surface area (Å²) < 4.78 is 5.79. The van der Waals surface area contributed by atoms with Gasteiger partial charge in [0.15, 0.2) is 0 Å². The lowest BCUT2D eigenvalue weighted by Gasteiger charge is -2.35. The zero-order valence-electron chi connectivity index (χ0n) is 15.0. The van der Waals surface area contributed by atoms with Gasteiger partial charge in [-0.25, -0.2) is 0 Å². The summed E-state index contributed by atoms with van der Waals surface area (Å²) in [6.07, 6.45) is 5.12. The van der Waals surface area contributed by atoms with E-state index in [0.29, 0.717) is 18.8 Å². The van der Waals surface area contributed by atoms with Crippen molar-refractivity contribution in [2.45, 2.75) is 64.8 Å². The van der Waals surface area contributed by atoms with Gasteiger partial charge in [-0.2, -0.15) is 0 Å². The first-order chi connectivity index (χ1) is 11.6. The van der Waals surface area contributed by atoms with Crippen molar-refractivity contribution in [1.82, 2.24) is 10.2 Å². The van der Waals surface area contributed by atoms with Gasteiger partial charge >= 0.3 is 0 Å². The molecule has 0 aromatic heterocycles. The predicted octanol–water partition coefficient (Wildman–Crippen LogP) is 3.10. The van der Waals surface area contributed by atoms with Crippen LogP contribution >= 0.6 is 0 Å². The maximum Gasteiger partial charge on any atom is 0.223 e. The van der Waals surface area contributed by atoms with E-state index in [9.17, 15) is 4.79 Å². The summed E-state index contributed by atoms with van der Waals surface area (Å²) in [4.78, 5) is 14.5. The lowest BCUT2D eigenvalue weighted by atomic mass is 10.1. The zero-order valence-corrected chi connectivity index (χ0v) is 15.0. The summed E-state index contributed by atoms with van der Waals surface area (Å²) in [6.45, 7) is 7.86. The van der Waals surface area contributed by atoms with E-state index in [1.165, 1.54) is 24.0 Å². The lowest BCUT2D eigenvalue weighted by Crippen LogP contribution is -2.44. The molecule has 1 saturated carbocycles. The summed E-state index contributed by atoms with van der Waals surface area (Å²) in [7, 11) is 0. The molecule has 0 radical (unpaired) electrons. The quantitative estimate of drug-likeness (QED) is 0.902. The van der Waals surface area contributed by atoms with Crippen LogP contribution in [0, 0.1) is 5.92 Å². The molecular formula is C20H30N2O2. The van der Waals surface area contributed by atoms with Crippen molar-refractivity contribution in [1.29, 1.82) is 0 Å². The molecule has 1 aliphatic carbocycles. The molecule has 2 unspecified atom stereocenters. The SMILES string of the molecule is CC1CN(Cc2ccc(CNC(=O)C3CCCC3)cc2)CC(C)O1. The van der Waals surface area contributed by atoms with E-state index in [4.69, 9.17) is 4.74 Å². The Morgan fingerprint density at radius 1 is 1.08 bits per heavy atom. The number of benzene rings is 1. The van der Waals surface area contributed by atoms with E-state index in [1.807, 2.05) is 0 Å². The van der Waals surface area contributed by atoms with Gasteiger partial charge in [-0.1, -0.05) is 37.1 Å². The van der Waals surface area contributed by atoms with Crippen molar-refractivity contribution in [3.05, 3.63) is 35.4 Å². The molecule has 1 amide bonds. The molecule has 1 heterocycles. The number of rotatable bonds is 5. The van der Waals surface area contributed by atoms with Crippen LogP contribution in [0.5, 0.6) is 0 Å². The average molecular weight is 330 g/mol. The average Bonchev–Trinajstić information content (AvgIpc) is 3.07. The first kappa shape index (κ1) is 17.4. The maximum atomic E-state index is 12.1. The fourth-order valence-electron chi connectivity index (χ4n) is 3.96. The van der Waals surface area contributed by atoms with Crippen molar-refractivity contribution < 1.29 is 9.53 Å². The number of hydrogen-bond donors (Lipinski definition) is 1. The Morgan fingerprint density at radius 2 is 1.67 bits per heavy atom. The summed E-state index contributed by atoms with van der Waals surface area (Å²) in [5.74, 6) is 0.474. The van der Waals surface area contributed by atoms with Crippen molar-refractivity contribution in [3.63, 3.8) is 0 Å². The molecule has 1 N–H and O–H groups in total. The van der Waals surface area contributed by atoms with Crippen LogP contribution in [0.4, 0.5) is 0 Å². The van der Waals surface area contributed by atoms with E-state index >= 15 is 0 Å². The molecule has 4 heteroatoms. The minimum absolute atomic E-state index is 0.230. The number of nitrogens with one attached hydrogen (secondary N) is 1. The van der Waals surface area contributed by atoms with Gasteiger partial charge in [0.2, 0.25) is 5.91 Å². The summed E-state index contributed by atoms with van der Waals surface area (Å²) >= 11 is 0. The molecule has 132 valence electrons. The lowest BCUT2D eigenvalue weighted by molar-refractivity contribution is -0.124. The molecule has 0 bridgehead atoms. The standard InChI is InChI=1S/C20H30N2O2/c1-15-12-22(13-16(2)24-15)14-18-9-7-17(8-10-18)11-21-20(23)19-5-3-4-6-19/h7-10,15-16,19H,3-6,11-14H2,1-2H3,(H,21,23). The Balaban J connectivity index is 1.47. The highest BCUT2D eigenvalue weighted by molar-refractivity contribution is 5.78. The fraction of sp³-hybridized carbons (Fsp3) is 0.650. The van der Waals surface area contributed by atoms with Gasteiger partial charge in [-0.05, 0) is 37.8 Å². The van der Waals surface area contributed by atoms with Crippen LogP contribution in [0.1, 0.15) is 50.7 Å². The molecule has 1 saturated heterocycles. The number of nitrogens with zero attached hydrogens (tertiary/aromatic N) is 1. The predicted molar refractivity (Wildman–Crippen MR) is 95.5 cm³/mol. The van der Waals surface area contributed by atoms with Gasteiger partial charge in [-0.3, -0.25) is 9.69 Å². The Bertz CT molecular complexity index is 527. The molecule has 24 heavy (non-hydrogen) atoms. The first-order valence-corrected chi connectivity index (χ1v) is 9.33. The first-order valence-electron chi connectivity index (χ1n) is 9.33. The van der Waals surface area contributed by atoms with Crippen LogP contribution in [0.25, 0.3) is 0 Å². The van der Waals surface area contributed by atoms with E-state index in [1.54, 1.807) is 0 Å². The smallest absolute Gasteiger partial charge is 0.223 e. The topological polar surface area (TPSA) is 41.6 Å². The van der Waals surface area contributed by atoms with E-state index < -0.39 is 0 Å². The molecule has 2 aliphatic rings. The van der Waals surface area contributed by atoms with Crippen LogP contribution in [-0.2, 0) is 22.6 Å². The molecule has 1 aliphatic heterocycles. The third kappa shape index (κ3) is 4.81. The van der Waals surface area contributed by atoms with Gasteiger partial charge in [0.25, 0.3) is 0 Å². The van der Waals surface area contributed by atoms with Crippen molar-refractivity contribution >= 4 is 5.91 Å². The molecule has 0 spiro atoms. The number of amides is 1. The normalized spacial score (nSPS) is 25.8. The minimum atomic E-state index is 0.230. The Hall–Kier alpha value is -1.39. The second kappa shape index (κ2) is 8.13. The van der Waals surface area contributed by atoms with Crippen LogP contribution in [-0.4, -0.2) is 36.1 Å². The number of carbonyl (C=O) groups is 1. The monoisotopic (exact) mass is 330 g/mol. The third-order valence-corrected chi connectivity index (χ3v) is 5.12. The Morgan fingerprint density at radius 3 is 2.29 bits per heavy atom. The highest BCUT2D eigenvalue weighted by Crippen LogP contribution is 2.24. The minimum Gasteiger partial charge on any atom is -0.373 e. The van der Waals surface area contributed by atoms with Gasteiger partial charge in [0, 0.05) is 32.1 Å². The van der Waals surface area contributed by atoms with Gasteiger partial charge in [-0.15, -0.1) is 0 Å². The fourth-order valence-corrected chi connectivity index (χ4v) is 3.96. The van der Waals surface area contributed by atoms with E-state index in [-0.39, 0.29) is 11.8 Å². The maximum absolute atomic E-state index is 12.1. The molecular weight excluding hydrogens is 300 g/mol. The highest BCUT2D eigenvalue weighted by Gasteiger charge is 2.23. The van der Waals surface area contributed by atoms with Crippen molar-refractivity contribution in [2.75, 3.05) is 13.1 Å². The summed E-state index contributed by atoms with van der Waals surface area (Å²) in [6, 6.07) is 8.64. The number of hydrogen-bond acceptors (Lipinski definition) is 3. The van der Waals surface area contributed by atoms with Gasteiger partial charge in [0.05, 0.1) is 12.2 Å². The second-order valence-corrected chi connectivity index (χ2v) is 7.47. The van der Waals surface area contributed by atoms with Crippen LogP contribution in [0.15, 0.2) is 24.3 Å². The van der Waals surface area contributed by atoms with Crippen LogP contribution in [0.2, 0.25) is 0 Å².